The number of hydrogen-bond acceptors (Lipinski definition) is 5. The van der Waals surface area contributed by atoms with Gasteiger partial charge in [-0.3, -0.25) is 14.6 Å². The van der Waals surface area contributed by atoms with Crippen molar-refractivity contribution in [1.29, 1.82) is 0 Å². The Bertz CT molecular complexity index is 732. The number of aliphatic imine (C=N–C) groups is 1. The van der Waals surface area contributed by atoms with Gasteiger partial charge in [0.2, 0.25) is 0 Å². The normalized spacial score (nSPS) is 15.9. The Morgan fingerprint density at radius 3 is 2.63 bits per heavy atom. The van der Waals surface area contributed by atoms with Gasteiger partial charge in [0.15, 0.2) is 5.96 Å². The molecule has 0 amide bonds. The average Bonchev–Trinajstić information content (AvgIpc) is 3.30. The molecule has 0 saturated carbocycles. The largest absolute Gasteiger partial charge is 0.497 e. The van der Waals surface area contributed by atoms with Crippen LogP contribution in [0, 0.1) is 0 Å². The maximum atomic E-state index is 5.54. The lowest BCUT2D eigenvalue weighted by Gasteiger charge is -2.35. The summed E-state index contributed by atoms with van der Waals surface area (Å²) in [5.74, 6) is 1.69. The van der Waals surface area contributed by atoms with E-state index in [0.717, 1.165) is 64.1 Å². The van der Waals surface area contributed by atoms with Crippen LogP contribution in [-0.2, 0) is 11.3 Å². The molecule has 1 atom stereocenters. The molecule has 1 aliphatic rings. The van der Waals surface area contributed by atoms with Crippen LogP contribution in [-0.4, -0.2) is 74.2 Å². The highest BCUT2D eigenvalue weighted by atomic mass is 127. The Hall–Kier alpha value is -1.85. The number of rotatable bonds is 9. The third-order valence-corrected chi connectivity index (χ3v) is 5.09. The molecule has 166 valence electrons. The highest BCUT2D eigenvalue weighted by molar-refractivity contribution is 14.0. The monoisotopic (exact) mass is 528 g/mol. The van der Waals surface area contributed by atoms with Gasteiger partial charge in [-0.15, -0.1) is 24.0 Å². The first-order valence-corrected chi connectivity index (χ1v) is 10.2. The molecule has 1 aliphatic heterocycles. The second-order valence-corrected chi connectivity index (χ2v) is 6.94. The first-order chi connectivity index (χ1) is 14.3. The number of ether oxygens (including phenoxy) is 2. The number of aromatic nitrogens is 2. The van der Waals surface area contributed by atoms with Crippen LogP contribution in [0.1, 0.15) is 18.0 Å². The van der Waals surface area contributed by atoms with E-state index in [1.807, 2.05) is 29.1 Å². The molecule has 1 fully saturated rings. The van der Waals surface area contributed by atoms with Crippen LogP contribution in [0.5, 0.6) is 5.75 Å². The Labute approximate surface area is 196 Å². The van der Waals surface area contributed by atoms with E-state index in [-0.39, 0.29) is 30.0 Å². The van der Waals surface area contributed by atoms with Crippen LogP contribution in [0.15, 0.2) is 47.7 Å². The number of halogens is 1. The molecular weight excluding hydrogens is 495 g/mol. The summed E-state index contributed by atoms with van der Waals surface area (Å²) in [5.41, 5.74) is 1.26. The Kier molecular flexibility index (Phi) is 11.0. The van der Waals surface area contributed by atoms with E-state index >= 15 is 0 Å². The third kappa shape index (κ3) is 7.44. The van der Waals surface area contributed by atoms with Crippen molar-refractivity contribution < 1.29 is 9.47 Å². The minimum Gasteiger partial charge on any atom is -0.497 e. The van der Waals surface area contributed by atoms with E-state index < -0.39 is 0 Å². The molecule has 30 heavy (non-hydrogen) atoms. The molecule has 0 spiro atoms. The molecule has 2 aromatic rings. The summed E-state index contributed by atoms with van der Waals surface area (Å²) in [5, 5.41) is 11.1. The SMILES string of the molecule is CN=C(NCCCn1cccn1)NCC(c1ccc(OC)cc1)N1CCOCC1.I. The Morgan fingerprint density at radius 2 is 2.00 bits per heavy atom. The molecule has 2 heterocycles. The van der Waals surface area contributed by atoms with Crippen molar-refractivity contribution >= 4 is 29.9 Å². The molecule has 1 aromatic heterocycles. The van der Waals surface area contributed by atoms with Crippen molar-refractivity contribution in [3.63, 3.8) is 0 Å². The predicted molar refractivity (Wildman–Crippen MR) is 130 cm³/mol. The molecule has 3 rings (SSSR count). The van der Waals surface area contributed by atoms with Gasteiger partial charge >= 0.3 is 0 Å². The molecule has 0 radical (unpaired) electrons. The summed E-state index contributed by atoms with van der Waals surface area (Å²) in [4.78, 5) is 6.83. The number of aryl methyl sites for hydroxylation is 1. The van der Waals surface area contributed by atoms with E-state index in [1.54, 1.807) is 20.4 Å². The van der Waals surface area contributed by atoms with Crippen molar-refractivity contribution in [2.24, 2.45) is 4.99 Å². The second kappa shape index (κ2) is 13.5. The van der Waals surface area contributed by atoms with Crippen LogP contribution >= 0.6 is 24.0 Å². The van der Waals surface area contributed by atoms with Gasteiger partial charge in [-0.1, -0.05) is 12.1 Å². The maximum Gasteiger partial charge on any atom is 0.191 e. The summed E-state index contributed by atoms with van der Waals surface area (Å²) in [6.07, 6.45) is 4.77. The molecule has 8 nitrogen and oxygen atoms in total. The smallest absolute Gasteiger partial charge is 0.191 e. The maximum absolute atomic E-state index is 5.54. The summed E-state index contributed by atoms with van der Waals surface area (Å²) < 4.78 is 12.8. The van der Waals surface area contributed by atoms with Gasteiger partial charge in [0.05, 0.1) is 26.4 Å². The average molecular weight is 528 g/mol. The lowest BCUT2D eigenvalue weighted by atomic mass is 10.0. The fourth-order valence-electron chi connectivity index (χ4n) is 3.47. The molecule has 0 aliphatic carbocycles. The van der Waals surface area contributed by atoms with Crippen LogP contribution in [0.3, 0.4) is 0 Å². The number of benzene rings is 1. The fraction of sp³-hybridized carbons (Fsp3) is 0.524. The van der Waals surface area contributed by atoms with Gasteiger partial charge in [0.25, 0.3) is 0 Å². The van der Waals surface area contributed by atoms with Gasteiger partial charge in [0.1, 0.15) is 5.75 Å². The minimum absolute atomic E-state index is 0. The fourth-order valence-corrected chi connectivity index (χ4v) is 3.47. The second-order valence-electron chi connectivity index (χ2n) is 6.94. The highest BCUT2D eigenvalue weighted by Gasteiger charge is 2.23. The molecule has 1 aromatic carbocycles. The molecule has 1 saturated heterocycles. The lowest BCUT2D eigenvalue weighted by Crippen LogP contribution is -2.46. The third-order valence-electron chi connectivity index (χ3n) is 5.09. The zero-order valence-corrected chi connectivity index (χ0v) is 20.1. The molecule has 1 unspecified atom stereocenters. The first-order valence-electron chi connectivity index (χ1n) is 10.2. The van der Waals surface area contributed by atoms with Gasteiger partial charge in [-0.05, 0) is 30.2 Å². The zero-order valence-electron chi connectivity index (χ0n) is 17.8. The van der Waals surface area contributed by atoms with Crippen LogP contribution in [0.2, 0.25) is 0 Å². The molecular formula is C21H33IN6O2. The zero-order chi connectivity index (χ0) is 20.3. The first kappa shape index (κ1) is 24.4. The molecule has 2 N–H and O–H groups in total. The number of methoxy groups -OCH3 is 1. The number of nitrogens with zero attached hydrogens (tertiary/aromatic N) is 4. The highest BCUT2D eigenvalue weighted by Crippen LogP contribution is 2.23. The van der Waals surface area contributed by atoms with Crippen molar-refractivity contribution in [2.45, 2.75) is 19.0 Å². The van der Waals surface area contributed by atoms with E-state index in [1.165, 1.54) is 5.56 Å². The van der Waals surface area contributed by atoms with E-state index in [4.69, 9.17) is 9.47 Å². The topological polar surface area (TPSA) is 75.9 Å². The van der Waals surface area contributed by atoms with Gasteiger partial charge in [-0.25, -0.2) is 0 Å². The Morgan fingerprint density at radius 1 is 1.23 bits per heavy atom. The van der Waals surface area contributed by atoms with Crippen molar-refractivity contribution in [3.8, 4) is 5.75 Å². The van der Waals surface area contributed by atoms with Crippen molar-refractivity contribution in [3.05, 3.63) is 48.3 Å². The van der Waals surface area contributed by atoms with E-state index in [2.05, 4.69) is 37.8 Å². The lowest BCUT2D eigenvalue weighted by molar-refractivity contribution is 0.0170. The number of nitrogens with one attached hydrogen (secondary N) is 2. The Balaban J connectivity index is 0.00000320. The summed E-state index contributed by atoms with van der Waals surface area (Å²) in [7, 11) is 3.50. The molecule has 0 bridgehead atoms. The van der Waals surface area contributed by atoms with Gasteiger partial charge in [-0.2, -0.15) is 5.10 Å². The van der Waals surface area contributed by atoms with Crippen LogP contribution in [0.4, 0.5) is 0 Å². The predicted octanol–water partition coefficient (Wildman–Crippen LogP) is 2.14. The number of morpholine rings is 1. The minimum atomic E-state index is 0. The number of hydrogen-bond donors (Lipinski definition) is 2. The summed E-state index contributed by atoms with van der Waals surface area (Å²) >= 11 is 0. The van der Waals surface area contributed by atoms with Crippen molar-refractivity contribution in [2.75, 3.05) is 53.6 Å². The van der Waals surface area contributed by atoms with Crippen LogP contribution in [0.25, 0.3) is 0 Å². The van der Waals surface area contributed by atoms with E-state index in [0.29, 0.717) is 0 Å². The van der Waals surface area contributed by atoms with E-state index in [9.17, 15) is 0 Å². The van der Waals surface area contributed by atoms with Gasteiger partial charge in [0, 0.05) is 52.2 Å². The number of guanidine groups is 1. The van der Waals surface area contributed by atoms with Crippen molar-refractivity contribution in [1.82, 2.24) is 25.3 Å². The summed E-state index contributed by atoms with van der Waals surface area (Å²) in [6.45, 7) is 5.89. The van der Waals surface area contributed by atoms with Gasteiger partial charge < -0.3 is 20.1 Å². The van der Waals surface area contributed by atoms with Crippen LogP contribution < -0.4 is 15.4 Å². The quantitative estimate of drug-likeness (QED) is 0.225. The summed E-state index contributed by atoms with van der Waals surface area (Å²) in [6, 6.07) is 10.5. The standard InChI is InChI=1S/C21H32N6O2.HI/c1-22-21(23-9-3-11-27-12-4-10-25-27)24-17-20(26-13-15-29-16-14-26)18-5-7-19(28-2)8-6-18;/h4-8,10,12,20H,3,9,11,13-17H2,1-2H3,(H2,22,23,24);1H. The molecule has 9 heteroatoms.